The fourth-order valence-electron chi connectivity index (χ4n) is 2.12. The second-order valence-corrected chi connectivity index (χ2v) is 4.59. The second kappa shape index (κ2) is 4.89. The zero-order chi connectivity index (χ0) is 12.4. The van der Waals surface area contributed by atoms with Gasteiger partial charge in [0.1, 0.15) is 5.76 Å². The van der Waals surface area contributed by atoms with E-state index < -0.39 is 5.97 Å². The van der Waals surface area contributed by atoms with E-state index in [0.29, 0.717) is 12.5 Å². The minimum absolute atomic E-state index is 0.227. The van der Waals surface area contributed by atoms with Crippen molar-refractivity contribution in [3.8, 4) is 0 Å². The fraction of sp³-hybridized carbons (Fsp3) is 0.583. The third-order valence-corrected chi connectivity index (χ3v) is 3.17. The molecule has 1 aliphatic rings. The maximum atomic E-state index is 11.2. The number of carbonyl (C=O) groups excluding carboxylic acids is 1. The number of likely N-dealkylation sites (tertiary alicyclic amines) is 1. The summed E-state index contributed by atoms with van der Waals surface area (Å²) < 4.78 is 10.00. The zero-order valence-corrected chi connectivity index (χ0v) is 10.2. The molecule has 2 N–H and O–H groups in total. The Morgan fingerprint density at radius 2 is 2.35 bits per heavy atom. The van der Waals surface area contributed by atoms with E-state index in [-0.39, 0.29) is 11.8 Å². The van der Waals surface area contributed by atoms with Gasteiger partial charge in [0, 0.05) is 19.1 Å². The van der Waals surface area contributed by atoms with Crippen LogP contribution >= 0.6 is 0 Å². The van der Waals surface area contributed by atoms with Crippen molar-refractivity contribution in [3.63, 3.8) is 0 Å². The average Bonchev–Trinajstić information content (AvgIpc) is 2.87. The number of furan rings is 1. The Kier molecular flexibility index (Phi) is 3.49. The van der Waals surface area contributed by atoms with Crippen LogP contribution in [0.3, 0.4) is 0 Å². The van der Waals surface area contributed by atoms with Gasteiger partial charge in [0.15, 0.2) is 0 Å². The van der Waals surface area contributed by atoms with Gasteiger partial charge in [-0.2, -0.15) is 0 Å². The first kappa shape index (κ1) is 12.1. The lowest BCUT2D eigenvalue weighted by molar-refractivity contribution is 0.0561. The lowest BCUT2D eigenvalue weighted by atomic mass is 10.1. The Hall–Kier alpha value is -1.33. The van der Waals surface area contributed by atoms with E-state index in [1.165, 1.54) is 7.11 Å². The molecule has 1 aromatic rings. The third-order valence-electron chi connectivity index (χ3n) is 3.17. The van der Waals surface area contributed by atoms with Gasteiger partial charge >= 0.3 is 5.97 Å². The number of hydrogen-bond acceptors (Lipinski definition) is 5. The molecule has 1 saturated heterocycles. The van der Waals surface area contributed by atoms with Crippen LogP contribution < -0.4 is 5.73 Å². The maximum absolute atomic E-state index is 11.2. The van der Waals surface area contributed by atoms with Crippen molar-refractivity contribution in [1.82, 2.24) is 4.90 Å². The van der Waals surface area contributed by atoms with E-state index in [1.54, 1.807) is 12.1 Å². The summed E-state index contributed by atoms with van der Waals surface area (Å²) in [6.45, 7) is 4.67. The molecule has 0 amide bonds. The standard InChI is InChI=1S/C12H18N2O3/c1-8-5-14(7-10(8)13)6-9-3-4-11(17-9)12(15)16-2/h3-4,8,10H,5-7,13H2,1-2H3. The molecule has 2 unspecified atom stereocenters. The summed E-state index contributed by atoms with van der Waals surface area (Å²) in [7, 11) is 1.34. The van der Waals surface area contributed by atoms with Gasteiger partial charge in [-0.15, -0.1) is 0 Å². The minimum atomic E-state index is -0.442. The molecule has 2 rings (SSSR count). The summed E-state index contributed by atoms with van der Waals surface area (Å²) in [5.74, 6) is 1.08. The molecule has 1 fully saturated rings. The van der Waals surface area contributed by atoms with Gasteiger partial charge in [-0.05, 0) is 18.1 Å². The number of hydrogen-bond donors (Lipinski definition) is 1. The summed E-state index contributed by atoms with van der Waals surface area (Å²) in [5, 5.41) is 0. The lowest BCUT2D eigenvalue weighted by Crippen LogP contribution is -2.28. The number of ether oxygens (including phenoxy) is 1. The summed E-state index contributed by atoms with van der Waals surface area (Å²) >= 11 is 0. The molecular formula is C12H18N2O3. The quantitative estimate of drug-likeness (QED) is 0.790. The van der Waals surface area contributed by atoms with Gasteiger partial charge < -0.3 is 14.9 Å². The molecule has 17 heavy (non-hydrogen) atoms. The maximum Gasteiger partial charge on any atom is 0.373 e. The highest BCUT2D eigenvalue weighted by Crippen LogP contribution is 2.18. The molecule has 1 aliphatic heterocycles. The molecule has 0 aromatic carbocycles. The van der Waals surface area contributed by atoms with Gasteiger partial charge in [0.25, 0.3) is 0 Å². The zero-order valence-electron chi connectivity index (χ0n) is 10.2. The predicted molar refractivity (Wildman–Crippen MR) is 62.5 cm³/mol. The van der Waals surface area contributed by atoms with Crippen LogP contribution in [0, 0.1) is 5.92 Å². The highest BCUT2D eigenvalue weighted by atomic mass is 16.5. The van der Waals surface area contributed by atoms with Crippen molar-refractivity contribution >= 4 is 5.97 Å². The smallest absolute Gasteiger partial charge is 0.373 e. The number of carbonyl (C=O) groups is 1. The van der Waals surface area contributed by atoms with Gasteiger partial charge in [-0.1, -0.05) is 6.92 Å². The van der Waals surface area contributed by atoms with E-state index in [4.69, 9.17) is 10.2 Å². The predicted octanol–water partition coefficient (Wildman–Crippen LogP) is 0.845. The molecule has 94 valence electrons. The van der Waals surface area contributed by atoms with Crippen LogP contribution in [0.2, 0.25) is 0 Å². The average molecular weight is 238 g/mol. The monoisotopic (exact) mass is 238 g/mol. The number of nitrogens with zero attached hydrogens (tertiary/aromatic N) is 1. The molecule has 2 atom stereocenters. The van der Waals surface area contributed by atoms with Crippen molar-refractivity contribution in [3.05, 3.63) is 23.7 Å². The topological polar surface area (TPSA) is 68.7 Å². The van der Waals surface area contributed by atoms with E-state index in [1.807, 2.05) is 0 Å². The second-order valence-electron chi connectivity index (χ2n) is 4.59. The lowest BCUT2D eigenvalue weighted by Gasteiger charge is -2.12. The van der Waals surface area contributed by atoms with E-state index >= 15 is 0 Å². The Morgan fingerprint density at radius 1 is 1.59 bits per heavy atom. The van der Waals surface area contributed by atoms with Crippen LogP contribution in [-0.4, -0.2) is 37.1 Å². The fourth-order valence-corrected chi connectivity index (χ4v) is 2.12. The van der Waals surface area contributed by atoms with Crippen molar-refractivity contribution in [2.75, 3.05) is 20.2 Å². The number of rotatable bonds is 3. The number of methoxy groups -OCH3 is 1. The largest absolute Gasteiger partial charge is 0.463 e. The van der Waals surface area contributed by atoms with Crippen molar-refractivity contribution < 1.29 is 13.9 Å². The van der Waals surface area contributed by atoms with Crippen molar-refractivity contribution in [1.29, 1.82) is 0 Å². The molecule has 5 nitrogen and oxygen atoms in total. The highest BCUT2D eigenvalue weighted by molar-refractivity contribution is 5.86. The Bertz CT molecular complexity index is 392. The molecule has 0 bridgehead atoms. The molecular weight excluding hydrogens is 220 g/mol. The van der Waals surface area contributed by atoms with Gasteiger partial charge in [0.2, 0.25) is 5.76 Å². The van der Waals surface area contributed by atoms with Gasteiger partial charge in [0.05, 0.1) is 13.7 Å². The van der Waals surface area contributed by atoms with E-state index in [9.17, 15) is 4.79 Å². The molecule has 0 radical (unpaired) electrons. The molecule has 0 spiro atoms. The summed E-state index contributed by atoms with van der Waals surface area (Å²) in [4.78, 5) is 13.4. The molecule has 0 aliphatic carbocycles. The van der Waals surface area contributed by atoms with Crippen LogP contribution in [0.5, 0.6) is 0 Å². The number of nitrogens with two attached hydrogens (primary N) is 1. The number of esters is 1. The van der Waals surface area contributed by atoms with Crippen LogP contribution in [0.25, 0.3) is 0 Å². The Labute approximate surface area is 101 Å². The van der Waals surface area contributed by atoms with E-state index in [2.05, 4.69) is 16.6 Å². The van der Waals surface area contributed by atoms with Crippen molar-refractivity contribution in [2.45, 2.75) is 19.5 Å². The third kappa shape index (κ3) is 2.68. The molecule has 1 aromatic heterocycles. The van der Waals surface area contributed by atoms with Crippen LogP contribution in [0.4, 0.5) is 0 Å². The minimum Gasteiger partial charge on any atom is -0.463 e. The van der Waals surface area contributed by atoms with Crippen LogP contribution in [-0.2, 0) is 11.3 Å². The highest BCUT2D eigenvalue weighted by Gasteiger charge is 2.27. The van der Waals surface area contributed by atoms with Crippen LogP contribution in [0.1, 0.15) is 23.2 Å². The Balaban J connectivity index is 1.96. The van der Waals surface area contributed by atoms with Gasteiger partial charge in [-0.3, -0.25) is 4.90 Å². The first-order valence-corrected chi connectivity index (χ1v) is 5.75. The van der Waals surface area contributed by atoms with Crippen LogP contribution in [0.15, 0.2) is 16.5 Å². The molecule has 0 saturated carbocycles. The first-order chi connectivity index (χ1) is 8.10. The van der Waals surface area contributed by atoms with Gasteiger partial charge in [-0.25, -0.2) is 4.79 Å². The van der Waals surface area contributed by atoms with Crippen molar-refractivity contribution in [2.24, 2.45) is 11.7 Å². The Morgan fingerprint density at radius 3 is 2.94 bits per heavy atom. The van der Waals surface area contributed by atoms with E-state index in [0.717, 1.165) is 18.8 Å². The summed E-state index contributed by atoms with van der Waals surface area (Å²) in [5.41, 5.74) is 5.95. The molecule has 2 heterocycles. The SMILES string of the molecule is COC(=O)c1ccc(CN2CC(C)C(N)C2)o1. The molecule has 5 heteroatoms. The summed E-state index contributed by atoms with van der Waals surface area (Å²) in [6, 6.07) is 3.67. The first-order valence-electron chi connectivity index (χ1n) is 5.75. The normalized spacial score (nSPS) is 25.1. The summed E-state index contributed by atoms with van der Waals surface area (Å²) in [6.07, 6.45) is 0.